The summed E-state index contributed by atoms with van der Waals surface area (Å²) in [5.41, 5.74) is 6.89. The average molecular weight is 411 g/mol. The van der Waals surface area contributed by atoms with Crippen molar-refractivity contribution in [3.8, 4) is 11.1 Å². The molecule has 0 atom stereocenters. The van der Waals surface area contributed by atoms with E-state index in [4.69, 9.17) is 0 Å². The van der Waals surface area contributed by atoms with Crippen LogP contribution in [0.3, 0.4) is 0 Å². The van der Waals surface area contributed by atoms with E-state index >= 15 is 0 Å². The molecule has 0 aliphatic rings. The largest absolute Gasteiger partial charge is 0.346 e. The molecule has 4 rings (SSSR count). The second-order valence-corrected chi connectivity index (χ2v) is 7.94. The minimum Gasteiger partial charge on any atom is -0.346 e. The summed E-state index contributed by atoms with van der Waals surface area (Å²) in [6.07, 6.45) is 13.0. The van der Waals surface area contributed by atoms with Gasteiger partial charge in [0.25, 0.3) is 0 Å². The monoisotopic (exact) mass is 410 g/mol. The Hall–Kier alpha value is -3.24. The maximum Gasteiger partial charge on any atom is 0.137 e. The van der Waals surface area contributed by atoms with E-state index < -0.39 is 0 Å². The number of hydrogen-bond acceptors (Lipinski definition) is 3. The fourth-order valence-corrected chi connectivity index (χ4v) is 4.14. The summed E-state index contributed by atoms with van der Waals surface area (Å²) in [6.45, 7) is 12.6. The first-order chi connectivity index (χ1) is 15.2. The molecule has 31 heavy (non-hydrogen) atoms. The van der Waals surface area contributed by atoms with Crippen LogP contribution in [0.25, 0.3) is 33.1 Å². The lowest BCUT2D eigenvalue weighted by atomic mass is 9.98. The summed E-state index contributed by atoms with van der Waals surface area (Å²) in [7, 11) is 0. The quantitative estimate of drug-likeness (QED) is 0.247. The lowest BCUT2D eigenvalue weighted by Crippen LogP contribution is -2.22. The number of pyridine rings is 2. The molecule has 0 fully saturated rings. The molecule has 4 aromatic rings. The number of likely N-dealkylation sites (N-methyl/N-ethyl adjacent to an activating group) is 1. The third-order valence-corrected chi connectivity index (χ3v) is 5.83. The van der Waals surface area contributed by atoms with Crippen LogP contribution >= 0.6 is 0 Å². The lowest BCUT2D eigenvalue weighted by Gasteiger charge is -2.18. The Bertz CT molecular complexity index is 1200. The van der Waals surface area contributed by atoms with E-state index in [1.807, 2.05) is 24.5 Å². The Morgan fingerprint density at radius 2 is 1.97 bits per heavy atom. The predicted molar refractivity (Wildman–Crippen MR) is 131 cm³/mol. The van der Waals surface area contributed by atoms with Crippen molar-refractivity contribution in [2.45, 2.75) is 32.7 Å². The highest BCUT2D eigenvalue weighted by atomic mass is 15.1. The number of unbranched alkanes of at least 4 members (excludes halogenated alkanes) is 1. The Kier molecular flexibility index (Phi) is 6.58. The van der Waals surface area contributed by atoms with E-state index in [9.17, 15) is 0 Å². The number of aromatic amines is 1. The van der Waals surface area contributed by atoms with Gasteiger partial charge in [0.1, 0.15) is 5.65 Å². The van der Waals surface area contributed by atoms with Crippen LogP contribution in [-0.2, 0) is 13.0 Å². The SMILES string of the molecule is C=CCCCc1ccnc2ccc(-c3c[nH]c4ncc(CN(CC)CC=C)cc34)cc12. The van der Waals surface area contributed by atoms with Gasteiger partial charge in [-0.25, -0.2) is 4.98 Å². The predicted octanol–water partition coefficient (Wildman–Crippen LogP) is 6.29. The molecule has 0 spiro atoms. The van der Waals surface area contributed by atoms with Gasteiger partial charge in [0.05, 0.1) is 5.52 Å². The molecule has 1 N–H and O–H groups in total. The van der Waals surface area contributed by atoms with Gasteiger partial charge in [-0.05, 0) is 66.8 Å². The molecule has 158 valence electrons. The van der Waals surface area contributed by atoms with Crippen molar-refractivity contribution in [2.75, 3.05) is 13.1 Å². The van der Waals surface area contributed by atoms with Crippen LogP contribution in [0, 0.1) is 0 Å². The highest BCUT2D eigenvalue weighted by Gasteiger charge is 2.11. The van der Waals surface area contributed by atoms with Gasteiger partial charge in [-0.1, -0.05) is 25.1 Å². The molecule has 1 aromatic carbocycles. The molecule has 0 aliphatic carbocycles. The lowest BCUT2D eigenvalue weighted by molar-refractivity contribution is 0.311. The highest BCUT2D eigenvalue weighted by Crippen LogP contribution is 2.31. The van der Waals surface area contributed by atoms with Gasteiger partial charge in [-0.2, -0.15) is 0 Å². The minimum absolute atomic E-state index is 0.866. The fourth-order valence-electron chi connectivity index (χ4n) is 4.14. The van der Waals surface area contributed by atoms with E-state index in [-0.39, 0.29) is 0 Å². The van der Waals surface area contributed by atoms with Crippen molar-refractivity contribution in [1.29, 1.82) is 0 Å². The summed E-state index contributed by atoms with van der Waals surface area (Å²) in [5, 5.41) is 2.38. The normalized spacial score (nSPS) is 11.4. The van der Waals surface area contributed by atoms with E-state index in [0.29, 0.717) is 0 Å². The topological polar surface area (TPSA) is 44.8 Å². The Labute approximate surface area is 184 Å². The molecule has 3 heterocycles. The minimum atomic E-state index is 0.866. The van der Waals surface area contributed by atoms with E-state index in [2.05, 4.69) is 76.5 Å². The van der Waals surface area contributed by atoms with Crippen LogP contribution in [0.1, 0.15) is 30.9 Å². The van der Waals surface area contributed by atoms with E-state index in [1.165, 1.54) is 27.6 Å². The fraction of sp³-hybridized carbons (Fsp3) is 0.259. The zero-order valence-electron chi connectivity index (χ0n) is 18.3. The van der Waals surface area contributed by atoms with Crippen LogP contribution in [0.4, 0.5) is 0 Å². The Balaban J connectivity index is 1.72. The third kappa shape index (κ3) is 4.59. The van der Waals surface area contributed by atoms with Gasteiger partial charge in [0.15, 0.2) is 0 Å². The number of aromatic nitrogens is 3. The Morgan fingerprint density at radius 3 is 2.77 bits per heavy atom. The van der Waals surface area contributed by atoms with Crippen molar-refractivity contribution < 1.29 is 0 Å². The van der Waals surface area contributed by atoms with Crippen molar-refractivity contribution in [3.63, 3.8) is 0 Å². The zero-order valence-corrected chi connectivity index (χ0v) is 18.3. The number of nitrogens with zero attached hydrogens (tertiary/aromatic N) is 3. The van der Waals surface area contributed by atoms with Crippen molar-refractivity contribution in [2.24, 2.45) is 0 Å². The van der Waals surface area contributed by atoms with Crippen molar-refractivity contribution in [3.05, 3.63) is 85.4 Å². The van der Waals surface area contributed by atoms with Crippen LogP contribution in [0.2, 0.25) is 0 Å². The molecule has 0 amide bonds. The number of fused-ring (bicyclic) bond motifs is 2. The van der Waals surface area contributed by atoms with Crippen LogP contribution in [-0.4, -0.2) is 32.9 Å². The van der Waals surface area contributed by atoms with E-state index in [0.717, 1.165) is 55.4 Å². The van der Waals surface area contributed by atoms with Gasteiger partial charge in [0.2, 0.25) is 0 Å². The molecule has 0 radical (unpaired) electrons. The average Bonchev–Trinajstić information content (AvgIpc) is 3.22. The number of H-pyrrole nitrogens is 1. The smallest absolute Gasteiger partial charge is 0.137 e. The number of aryl methyl sites for hydroxylation is 1. The number of hydrogen-bond donors (Lipinski definition) is 1. The number of nitrogens with one attached hydrogen (secondary N) is 1. The van der Waals surface area contributed by atoms with Crippen molar-refractivity contribution >= 4 is 21.9 Å². The highest BCUT2D eigenvalue weighted by molar-refractivity contribution is 5.97. The van der Waals surface area contributed by atoms with Crippen LogP contribution in [0.15, 0.2) is 74.2 Å². The van der Waals surface area contributed by atoms with Gasteiger partial charge >= 0.3 is 0 Å². The molecular formula is C27H30N4. The summed E-state index contributed by atoms with van der Waals surface area (Å²) < 4.78 is 0. The van der Waals surface area contributed by atoms with E-state index in [1.54, 1.807) is 0 Å². The third-order valence-electron chi connectivity index (χ3n) is 5.83. The van der Waals surface area contributed by atoms with Gasteiger partial charge < -0.3 is 4.98 Å². The standard InChI is InChI=1S/C27H30N4/c1-4-7-8-9-21-12-13-28-26-11-10-22(16-23(21)26)25-18-30-27-24(25)15-20(17-29-27)19-31(6-3)14-5-2/h4-5,10-13,15-18H,1-2,6-9,14,19H2,3H3,(H,29,30). The summed E-state index contributed by atoms with van der Waals surface area (Å²) >= 11 is 0. The number of allylic oxidation sites excluding steroid dienone is 1. The summed E-state index contributed by atoms with van der Waals surface area (Å²) in [4.78, 5) is 14.9. The molecule has 4 nitrogen and oxygen atoms in total. The molecule has 0 aliphatic heterocycles. The van der Waals surface area contributed by atoms with Gasteiger partial charge in [-0.3, -0.25) is 9.88 Å². The van der Waals surface area contributed by atoms with Crippen molar-refractivity contribution in [1.82, 2.24) is 19.9 Å². The molecule has 0 unspecified atom stereocenters. The van der Waals surface area contributed by atoms with Gasteiger partial charge in [-0.15, -0.1) is 13.2 Å². The molecule has 0 saturated carbocycles. The molecule has 0 bridgehead atoms. The number of benzene rings is 1. The molecule has 4 heteroatoms. The first-order valence-electron chi connectivity index (χ1n) is 11.0. The Morgan fingerprint density at radius 1 is 1.06 bits per heavy atom. The molecule has 3 aromatic heterocycles. The van der Waals surface area contributed by atoms with Crippen LogP contribution < -0.4 is 0 Å². The van der Waals surface area contributed by atoms with Gasteiger partial charge in [0, 0.05) is 48.0 Å². The molecular weight excluding hydrogens is 380 g/mol. The first-order valence-corrected chi connectivity index (χ1v) is 11.0. The molecule has 0 saturated heterocycles. The maximum atomic E-state index is 4.67. The zero-order chi connectivity index (χ0) is 21.6. The second-order valence-electron chi connectivity index (χ2n) is 7.94. The van der Waals surface area contributed by atoms with Crippen LogP contribution in [0.5, 0.6) is 0 Å². The summed E-state index contributed by atoms with van der Waals surface area (Å²) in [6, 6.07) is 11.0. The maximum absolute atomic E-state index is 4.67. The summed E-state index contributed by atoms with van der Waals surface area (Å²) in [5.74, 6) is 0. The first kappa shape index (κ1) is 21.0. The second kappa shape index (κ2) is 9.71. The number of rotatable bonds is 10.